The maximum atomic E-state index is 5.03. The lowest BCUT2D eigenvalue weighted by atomic mass is 10.1. The third-order valence-corrected chi connectivity index (χ3v) is 2.48. The smallest absolute Gasteiger partial charge is 0.0566 e. The predicted octanol–water partition coefficient (Wildman–Crippen LogP) is 5.33. The Balaban J connectivity index is 0. The molecule has 0 aromatic heterocycles. The molecule has 0 fully saturated rings. The summed E-state index contributed by atoms with van der Waals surface area (Å²) in [4.78, 5) is 0. The molecule has 0 aliphatic heterocycles. The molecule has 0 radical (unpaired) electrons. The number of rotatable bonds is 3. The van der Waals surface area contributed by atoms with E-state index in [1.807, 2.05) is 6.92 Å². The van der Waals surface area contributed by atoms with Gasteiger partial charge in [-0.05, 0) is 44.2 Å². The molecule has 0 bridgehead atoms. The normalized spacial score (nSPS) is 12.9. The van der Waals surface area contributed by atoms with Gasteiger partial charge in [-0.2, -0.15) is 0 Å². The van der Waals surface area contributed by atoms with Crippen LogP contribution >= 0.6 is 31.9 Å². The van der Waals surface area contributed by atoms with Crippen LogP contribution in [0.3, 0.4) is 0 Å². The van der Waals surface area contributed by atoms with Gasteiger partial charge in [-0.15, -0.1) is 12.3 Å². The molecule has 0 aromatic rings. The van der Waals surface area contributed by atoms with Gasteiger partial charge >= 0.3 is 0 Å². The highest BCUT2D eigenvalue weighted by atomic mass is 79.9. The van der Waals surface area contributed by atoms with Crippen molar-refractivity contribution in [1.29, 1.82) is 0 Å². The number of hydrogen-bond donors (Lipinski definition) is 0. The van der Waals surface area contributed by atoms with Gasteiger partial charge in [-0.3, -0.25) is 0 Å². The summed E-state index contributed by atoms with van der Waals surface area (Å²) in [5.74, 6) is 3.75. The molecular weight excluding hydrogens is 304 g/mol. The van der Waals surface area contributed by atoms with E-state index in [0.29, 0.717) is 11.8 Å². The Labute approximate surface area is 106 Å². The van der Waals surface area contributed by atoms with Crippen molar-refractivity contribution in [2.24, 2.45) is 11.8 Å². The summed E-state index contributed by atoms with van der Waals surface area (Å²) in [6, 6.07) is 0. The van der Waals surface area contributed by atoms with Gasteiger partial charge in [0.05, 0.1) is 3.39 Å². The average molecular weight is 324 g/mol. The minimum Gasteiger partial charge on any atom is -0.120 e. The summed E-state index contributed by atoms with van der Waals surface area (Å²) < 4.78 is 1.05. The van der Waals surface area contributed by atoms with Gasteiger partial charge in [0.15, 0.2) is 0 Å². The molecule has 0 unspecified atom stereocenters. The van der Waals surface area contributed by atoms with Crippen LogP contribution < -0.4 is 0 Å². The molecule has 0 saturated carbocycles. The Morgan fingerprint density at radius 3 is 1.86 bits per heavy atom. The maximum Gasteiger partial charge on any atom is 0.0566 e. The molecule has 2 atom stereocenters. The van der Waals surface area contributed by atoms with Crippen LogP contribution in [0.5, 0.6) is 0 Å². The highest BCUT2D eigenvalue weighted by molar-refractivity contribution is 9.28. The standard InChI is InChI=1S/C6H10Br2.C6H10/c1-3-5(2)4-6(7)8;1-4-6(3)5-2/h4-5H,3H2,1-2H3;1,6H,5H2,2-3H3/t5-;6-/m10/s1. The van der Waals surface area contributed by atoms with E-state index in [0.717, 1.165) is 9.81 Å². The van der Waals surface area contributed by atoms with Crippen molar-refractivity contribution in [3.8, 4) is 12.3 Å². The first-order valence-electron chi connectivity index (χ1n) is 4.96. The molecule has 0 aliphatic carbocycles. The summed E-state index contributed by atoms with van der Waals surface area (Å²) in [7, 11) is 0. The topological polar surface area (TPSA) is 0 Å². The van der Waals surface area contributed by atoms with Crippen LogP contribution in [0.1, 0.15) is 40.5 Å². The Morgan fingerprint density at radius 1 is 1.29 bits per heavy atom. The first-order chi connectivity index (χ1) is 6.47. The molecule has 0 aliphatic rings. The molecule has 82 valence electrons. The predicted molar refractivity (Wildman–Crippen MR) is 73.7 cm³/mol. The average Bonchev–Trinajstić information content (AvgIpc) is 2.16. The van der Waals surface area contributed by atoms with E-state index in [9.17, 15) is 0 Å². The lowest BCUT2D eigenvalue weighted by Gasteiger charge is -1.97. The van der Waals surface area contributed by atoms with Gasteiger partial charge in [-0.1, -0.05) is 40.2 Å². The quantitative estimate of drug-likeness (QED) is 0.616. The van der Waals surface area contributed by atoms with Crippen molar-refractivity contribution in [3.05, 3.63) is 9.47 Å². The molecule has 2 heteroatoms. The molecular formula is C12H20Br2. The van der Waals surface area contributed by atoms with E-state index in [2.05, 4.69) is 64.6 Å². The Morgan fingerprint density at radius 2 is 1.79 bits per heavy atom. The zero-order valence-electron chi connectivity index (χ0n) is 9.48. The first kappa shape index (κ1) is 16.7. The zero-order chi connectivity index (χ0) is 11.6. The lowest BCUT2D eigenvalue weighted by molar-refractivity contribution is 0.699. The van der Waals surface area contributed by atoms with Crippen molar-refractivity contribution < 1.29 is 0 Å². The molecule has 0 amide bonds. The number of halogens is 2. The molecule has 0 N–H and O–H groups in total. The zero-order valence-corrected chi connectivity index (χ0v) is 12.7. The van der Waals surface area contributed by atoms with Crippen molar-refractivity contribution in [2.45, 2.75) is 40.5 Å². The van der Waals surface area contributed by atoms with Crippen LogP contribution in [0.25, 0.3) is 0 Å². The van der Waals surface area contributed by atoms with Crippen LogP contribution in [-0.4, -0.2) is 0 Å². The third kappa shape index (κ3) is 14.8. The van der Waals surface area contributed by atoms with Crippen LogP contribution in [0.15, 0.2) is 9.47 Å². The third-order valence-electron chi connectivity index (χ3n) is 1.95. The van der Waals surface area contributed by atoms with Crippen LogP contribution in [0, 0.1) is 24.2 Å². The van der Waals surface area contributed by atoms with Crippen molar-refractivity contribution in [2.75, 3.05) is 0 Å². The Kier molecular flexibility index (Phi) is 13.5. The minimum absolute atomic E-state index is 0.463. The van der Waals surface area contributed by atoms with Crippen LogP contribution in [0.2, 0.25) is 0 Å². The number of allylic oxidation sites excluding steroid dienone is 1. The van der Waals surface area contributed by atoms with Gasteiger partial charge in [0.1, 0.15) is 0 Å². The van der Waals surface area contributed by atoms with E-state index in [1.165, 1.54) is 6.42 Å². The van der Waals surface area contributed by atoms with Gasteiger partial charge in [0.25, 0.3) is 0 Å². The molecule has 0 spiro atoms. The second-order valence-electron chi connectivity index (χ2n) is 3.32. The van der Waals surface area contributed by atoms with Crippen molar-refractivity contribution >= 4 is 31.9 Å². The Bertz CT molecular complexity index is 185. The maximum absolute atomic E-state index is 5.03. The molecule has 0 saturated heterocycles. The van der Waals surface area contributed by atoms with Crippen LogP contribution in [0.4, 0.5) is 0 Å². The lowest BCUT2D eigenvalue weighted by Crippen LogP contribution is -1.82. The van der Waals surface area contributed by atoms with E-state index in [1.54, 1.807) is 0 Å². The largest absolute Gasteiger partial charge is 0.120 e. The van der Waals surface area contributed by atoms with E-state index in [4.69, 9.17) is 6.42 Å². The Hall–Kier alpha value is 0.260. The monoisotopic (exact) mass is 322 g/mol. The fourth-order valence-electron chi connectivity index (χ4n) is 0.451. The summed E-state index contributed by atoms with van der Waals surface area (Å²) >= 11 is 6.59. The highest BCUT2D eigenvalue weighted by Crippen LogP contribution is 2.17. The SMILES string of the molecule is C#C[C@H](C)CC.CC[C@@H](C)C=C(Br)Br. The fourth-order valence-corrected chi connectivity index (χ4v) is 1.35. The van der Waals surface area contributed by atoms with E-state index >= 15 is 0 Å². The van der Waals surface area contributed by atoms with Crippen molar-refractivity contribution in [3.63, 3.8) is 0 Å². The van der Waals surface area contributed by atoms with Crippen molar-refractivity contribution in [1.82, 2.24) is 0 Å². The summed E-state index contributed by atoms with van der Waals surface area (Å²) in [6.07, 6.45) is 9.46. The summed E-state index contributed by atoms with van der Waals surface area (Å²) in [5.41, 5.74) is 0. The number of terminal acetylenes is 1. The van der Waals surface area contributed by atoms with Gasteiger partial charge in [0, 0.05) is 5.92 Å². The van der Waals surface area contributed by atoms with Crippen LogP contribution in [-0.2, 0) is 0 Å². The molecule has 0 heterocycles. The second-order valence-corrected chi connectivity index (χ2v) is 6.09. The molecule has 0 rings (SSSR count). The molecule has 0 nitrogen and oxygen atoms in total. The molecule has 14 heavy (non-hydrogen) atoms. The summed E-state index contributed by atoms with van der Waals surface area (Å²) in [6.45, 7) is 8.48. The highest BCUT2D eigenvalue weighted by Gasteiger charge is 1.91. The fraction of sp³-hybridized carbons (Fsp3) is 0.667. The van der Waals surface area contributed by atoms with Gasteiger partial charge in [-0.25, -0.2) is 0 Å². The summed E-state index contributed by atoms with van der Waals surface area (Å²) in [5, 5.41) is 0. The van der Waals surface area contributed by atoms with Gasteiger partial charge < -0.3 is 0 Å². The molecule has 0 aromatic carbocycles. The van der Waals surface area contributed by atoms with E-state index < -0.39 is 0 Å². The minimum atomic E-state index is 0.463. The first-order valence-corrected chi connectivity index (χ1v) is 6.55. The second kappa shape index (κ2) is 11.3. The van der Waals surface area contributed by atoms with Gasteiger partial charge in [0.2, 0.25) is 0 Å². The number of hydrogen-bond acceptors (Lipinski definition) is 0. The van der Waals surface area contributed by atoms with E-state index in [-0.39, 0.29) is 0 Å².